The second-order valence-corrected chi connectivity index (χ2v) is 5.92. The van der Waals surface area contributed by atoms with Gasteiger partial charge >= 0.3 is 0 Å². The molecule has 0 N–H and O–H groups in total. The van der Waals surface area contributed by atoms with Crippen molar-refractivity contribution in [3.63, 3.8) is 0 Å². The minimum absolute atomic E-state index is 0.0417. The Balaban J connectivity index is 2.27. The Morgan fingerprint density at radius 3 is 2.55 bits per heavy atom. The Morgan fingerprint density at radius 2 is 1.90 bits per heavy atom. The van der Waals surface area contributed by atoms with Crippen LogP contribution in [0.4, 0.5) is 0 Å². The van der Waals surface area contributed by atoms with Crippen LogP contribution < -0.4 is 4.74 Å². The van der Waals surface area contributed by atoms with Crippen molar-refractivity contribution < 1.29 is 9.53 Å². The molecule has 2 aromatic rings. The number of hydrogen-bond acceptors (Lipinski definition) is 2. The van der Waals surface area contributed by atoms with Gasteiger partial charge in [0.05, 0.1) is 17.2 Å². The number of hydrogen-bond donors (Lipinski definition) is 0. The third-order valence-electron chi connectivity index (χ3n) is 2.84. The van der Waals surface area contributed by atoms with Crippen LogP contribution in [0.15, 0.2) is 40.9 Å². The molecule has 5 heteroatoms. The summed E-state index contributed by atoms with van der Waals surface area (Å²) in [6.07, 6.45) is 0.237. The number of ketones is 1. The van der Waals surface area contributed by atoms with Gasteiger partial charge in [-0.1, -0.05) is 39.1 Å². The molecule has 20 heavy (non-hydrogen) atoms. The third-order valence-corrected chi connectivity index (χ3v) is 4.07. The molecule has 0 bridgehead atoms. The van der Waals surface area contributed by atoms with Crippen molar-refractivity contribution in [2.75, 3.05) is 7.11 Å². The number of halogens is 3. The van der Waals surface area contributed by atoms with Gasteiger partial charge in [-0.2, -0.15) is 0 Å². The average molecular weight is 374 g/mol. The minimum Gasteiger partial charge on any atom is -0.496 e. The van der Waals surface area contributed by atoms with Crippen LogP contribution in [-0.2, 0) is 6.42 Å². The van der Waals surface area contributed by atoms with Gasteiger partial charge in [-0.3, -0.25) is 4.79 Å². The number of Topliss-reactive ketones (excluding diaryl/α,β-unsaturated/α-hetero) is 1. The summed E-state index contributed by atoms with van der Waals surface area (Å²) in [4.78, 5) is 12.3. The van der Waals surface area contributed by atoms with Crippen molar-refractivity contribution in [3.05, 3.63) is 62.0 Å². The fraction of sp³-hybridized carbons (Fsp3) is 0.133. The first-order valence-corrected chi connectivity index (χ1v) is 7.37. The maximum absolute atomic E-state index is 12.3. The van der Waals surface area contributed by atoms with Crippen LogP contribution in [0, 0.1) is 0 Å². The van der Waals surface area contributed by atoms with Gasteiger partial charge in [-0.05, 0) is 36.4 Å². The Hall–Kier alpha value is -1.03. The fourth-order valence-electron chi connectivity index (χ4n) is 1.83. The monoisotopic (exact) mass is 372 g/mol. The van der Waals surface area contributed by atoms with Crippen LogP contribution in [0.5, 0.6) is 5.75 Å². The van der Waals surface area contributed by atoms with Crippen molar-refractivity contribution in [3.8, 4) is 5.75 Å². The standard InChI is InChI=1S/C15H11BrCl2O2/c1-20-15-5-3-11(16)6-10(15)8-14(19)9-2-4-12(17)13(18)7-9/h2-7H,8H2,1H3. The van der Waals surface area contributed by atoms with Crippen LogP contribution in [0.25, 0.3) is 0 Å². The maximum atomic E-state index is 12.3. The summed E-state index contributed by atoms with van der Waals surface area (Å²) in [7, 11) is 1.58. The van der Waals surface area contributed by atoms with Crippen LogP contribution in [0.2, 0.25) is 10.0 Å². The molecule has 0 radical (unpaired) electrons. The van der Waals surface area contributed by atoms with Crippen LogP contribution in [-0.4, -0.2) is 12.9 Å². The first kappa shape index (κ1) is 15.4. The Kier molecular flexibility index (Phi) is 5.08. The maximum Gasteiger partial charge on any atom is 0.167 e. The van der Waals surface area contributed by atoms with Gasteiger partial charge in [0.1, 0.15) is 5.75 Å². The summed E-state index contributed by atoms with van der Waals surface area (Å²) in [6, 6.07) is 10.4. The number of rotatable bonds is 4. The zero-order valence-corrected chi connectivity index (χ0v) is 13.7. The third kappa shape index (κ3) is 3.54. The fourth-order valence-corrected chi connectivity index (χ4v) is 2.54. The summed E-state index contributed by atoms with van der Waals surface area (Å²) < 4.78 is 6.16. The number of ether oxygens (including phenoxy) is 1. The summed E-state index contributed by atoms with van der Waals surface area (Å²) in [5.41, 5.74) is 1.35. The summed E-state index contributed by atoms with van der Waals surface area (Å²) in [5, 5.41) is 0.807. The molecule has 0 saturated carbocycles. The SMILES string of the molecule is COc1ccc(Br)cc1CC(=O)c1ccc(Cl)c(Cl)c1. The Bertz CT molecular complexity index is 656. The van der Waals surface area contributed by atoms with Gasteiger partial charge in [-0.25, -0.2) is 0 Å². The molecular formula is C15H11BrCl2O2. The Morgan fingerprint density at radius 1 is 1.15 bits per heavy atom. The Labute approximate surface area is 135 Å². The van der Waals surface area contributed by atoms with E-state index in [1.165, 1.54) is 0 Å². The van der Waals surface area contributed by atoms with E-state index < -0.39 is 0 Å². The van der Waals surface area contributed by atoms with Gasteiger partial charge in [-0.15, -0.1) is 0 Å². The first-order valence-electron chi connectivity index (χ1n) is 5.82. The second kappa shape index (κ2) is 6.61. The van der Waals surface area contributed by atoms with Crippen molar-refractivity contribution >= 4 is 44.9 Å². The molecule has 0 fully saturated rings. The number of benzene rings is 2. The van der Waals surface area contributed by atoms with Gasteiger partial charge in [0, 0.05) is 22.0 Å². The van der Waals surface area contributed by atoms with E-state index in [-0.39, 0.29) is 12.2 Å². The molecule has 0 aromatic heterocycles. The molecule has 0 unspecified atom stereocenters. The molecule has 0 saturated heterocycles. The molecule has 2 aromatic carbocycles. The molecule has 0 amide bonds. The smallest absolute Gasteiger partial charge is 0.167 e. The molecule has 0 spiro atoms. The van der Waals surface area contributed by atoms with E-state index in [1.54, 1.807) is 25.3 Å². The topological polar surface area (TPSA) is 26.3 Å². The first-order chi connectivity index (χ1) is 9.51. The van der Waals surface area contributed by atoms with E-state index in [4.69, 9.17) is 27.9 Å². The molecule has 2 nitrogen and oxygen atoms in total. The van der Waals surface area contributed by atoms with E-state index in [0.717, 1.165) is 10.0 Å². The molecule has 0 atom stereocenters. The van der Waals surface area contributed by atoms with Crippen molar-refractivity contribution in [1.82, 2.24) is 0 Å². The van der Waals surface area contributed by atoms with Crippen LogP contribution in [0.1, 0.15) is 15.9 Å². The van der Waals surface area contributed by atoms with Gasteiger partial charge in [0.15, 0.2) is 5.78 Å². The number of carbonyl (C=O) groups excluding carboxylic acids is 1. The number of methoxy groups -OCH3 is 1. The molecule has 2 rings (SSSR count). The highest BCUT2D eigenvalue weighted by Gasteiger charge is 2.12. The average Bonchev–Trinajstić information content (AvgIpc) is 2.42. The zero-order chi connectivity index (χ0) is 14.7. The van der Waals surface area contributed by atoms with E-state index in [1.807, 2.05) is 18.2 Å². The number of carbonyl (C=O) groups is 1. The van der Waals surface area contributed by atoms with E-state index in [9.17, 15) is 4.79 Å². The lowest BCUT2D eigenvalue weighted by Crippen LogP contribution is -2.05. The van der Waals surface area contributed by atoms with E-state index in [2.05, 4.69) is 15.9 Å². The lowest BCUT2D eigenvalue weighted by Gasteiger charge is -2.09. The highest BCUT2D eigenvalue weighted by molar-refractivity contribution is 9.10. The predicted octanol–water partition coefficient (Wildman–Crippen LogP) is 5.19. The lowest BCUT2D eigenvalue weighted by atomic mass is 10.0. The molecule has 0 aliphatic carbocycles. The summed E-state index contributed by atoms with van der Waals surface area (Å²) in [6.45, 7) is 0. The largest absolute Gasteiger partial charge is 0.496 e. The molecule has 0 aliphatic heterocycles. The van der Waals surface area contributed by atoms with Crippen molar-refractivity contribution in [2.45, 2.75) is 6.42 Å². The highest BCUT2D eigenvalue weighted by atomic mass is 79.9. The predicted molar refractivity (Wildman–Crippen MR) is 85.2 cm³/mol. The van der Waals surface area contributed by atoms with Crippen molar-refractivity contribution in [2.24, 2.45) is 0 Å². The van der Waals surface area contributed by atoms with Gasteiger partial charge in [0.2, 0.25) is 0 Å². The van der Waals surface area contributed by atoms with Crippen LogP contribution in [0.3, 0.4) is 0 Å². The normalized spacial score (nSPS) is 10.4. The van der Waals surface area contributed by atoms with E-state index >= 15 is 0 Å². The molecule has 104 valence electrons. The van der Waals surface area contributed by atoms with Gasteiger partial charge in [0.25, 0.3) is 0 Å². The molecule has 0 heterocycles. The molecule has 0 aliphatic rings. The van der Waals surface area contributed by atoms with Crippen molar-refractivity contribution in [1.29, 1.82) is 0 Å². The lowest BCUT2D eigenvalue weighted by molar-refractivity contribution is 0.0992. The minimum atomic E-state index is -0.0417. The van der Waals surface area contributed by atoms with E-state index in [0.29, 0.717) is 21.4 Å². The van der Waals surface area contributed by atoms with Crippen LogP contribution >= 0.6 is 39.1 Å². The summed E-state index contributed by atoms with van der Waals surface area (Å²) in [5.74, 6) is 0.640. The highest BCUT2D eigenvalue weighted by Crippen LogP contribution is 2.26. The summed E-state index contributed by atoms with van der Waals surface area (Å²) >= 11 is 15.2. The molecular weight excluding hydrogens is 363 g/mol. The second-order valence-electron chi connectivity index (χ2n) is 4.19. The zero-order valence-electron chi connectivity index (χ0n) is 10.6. The van der Waals surface area contributed by atoms with Gasteiger partial charge < -0.3 is 4.74 Å². The quantitative estimate of drug-likeness (QED) is 0.689.